The highest BCUT2D eigenvalue weighted by Crippen LogP contribution is 2.33. The second-order valence-corrected chi connectivity index (χ2v) is 5.17. The van der Waals surface area contributed by atoms with E-state index in [-0.39, 0.29) is 12.7 Å². The molecule has 0 spiro atoms. The van der Waals surface area contributed by atoms with Gasteiger partial charge in [-0.3, -0.25) is 15.1 Å². The topological polar surface area (TPSA) is 72.0 Å². The van der Waals surface area contributed by atoms with E-state index in [0.29, 0.717) is 12.4 Å². The van der Waals surface area contributed by atoms with Crippen molar-refractivity contribution in [3.8, 4) is 11.5 Å². The third-order valence-electron chi connectivity index (χ3n) is 3.70. The fourth-order valence-corrected chi connectivity index (χ4v) is 2.37. The summed E-state index contributed by atoms with van der Waals surface area (Å²) in [6, 6.07) is 5.87. The maximum absolute atomic E-state index is 12.0. The van der Waals surface area contributed by atoms with Gasteiger partial charge in [0.15, 0.2) is 17.5 Å². The standard InChI is InChI=1S/C14H17N3O3/c1-14(12(18)16-13(15-2)17-14)6-5-9-3-4-10-11(7-9)20-8-19-10/h3-4,7H,5-6,8H2,1-2H3,(H2,15,16,17,18). The number of rotatable bonds is 3. The van der Waals surface area contributed by atoms with Crippen molar-refractivity contribution in [3.63, 3.8) is 0 Å². The van der Waals surface area contributed by atoms with Gasteiger partial charge in [-0.1, -0.05) is 6.07 Å². The first-order valence-electron chi connectivity index (χ1n) is 6.56. The van der Waals surface area contributed by atoms with Crippen LogP contribution in [0.2, 0.25) is 0 Å². The maximum atomic E-state index is 12.0. The zero-order chi connectivity index (χ0) is 14.2. The normalized spacial score (nSPS) is 25.7. The molecule has 0 saturated carbocycles. The summed E-state index contributed by atoms with van der Waals surface area (Å²) in [6.45, 7) is 2.16. The molecule has 1 aromatic rings. The number of aliphatic imine (C=N–C) groups is 1. The van der Waals surface area contributed by atoms with E-state index >= 15 is 0 Å². The highest BCUT2D eigenvalue weighted by atomic mass is 16.7. The summed E-state index contributed by atoms with van der Waals surface area (Å²) >= 11 is 0. The van der Waals surface area contributed by atoms with Crippen molar-refractivity contribution in [2.75, 3.05) is 13.8 Å². The number of carbonyl (C=O) groups is 1. The summed E-state index contributed by atoms with van der Waals surface area (Å²) < 4.78 is 10.6. The number of amides is 1. The largest absolute Gasteiger partial charge is 0.454 e. The zero-order valence-corrected chi connectivity index (χ0v) is 11.5. The molecular weight excluding hydrogens is 258 g/mol. The van der Waals surface area contributed by atoms with E-state index < -0.39 is 5.54 Å². The van der Waals surface area contributed by atoms with Gasteiger partial charge in [0.2, 0.25) is 6.79 Å². The number of aryl methyl sites for hydroxylation is 1. The van der Waals surface area contributed by atoms with Crippen LogP contribution in [0, 0.1) is 0 Å². The van der Waals surface area contributed by atoms with Gasteiger partial charge in [0.05, 0.1) is 0 Å². The molecule has 1 aromatic carbocycles. The molecule has 2 aliphatic rings. The lowest BCUT2D eigenvalue weighted by molar-refractivity contribution is -0.123. The van der Waals surface area contributed by atoms with Crippen LogP contribution in [0.15, 0.2) is 23.2 Å². The molecule has 0 bridgehead atoms. The minimum atomic E-state index is -0.620. The number of guanidine groups is 1. The van der Waals surface area contributed by atoms with E-state index in [0.717, 1.165) is 23.5 Å². The SMILES string of the molecule is CN=C1NC(=O)C(C)(CCc2ccc3c(c2)OCO3)N1. The van der Waals surface area contributed by atoms with Gasteiger partial charge in [-0.25, -0.2) is 0 Å². The number of hydrogen-bond donors (Lipinski definition) is 2. The fraction of sp³-hybridized carbons (Fsp3) is 0.429. The number of nitrogens with zero attached hydrogens (tertiary/aromatic N) is 1. The molecule has 20 heavy (non-hydrogen) atoms. The number of benzene rings is 1. The molecule has 1 atom stereocenters. The number of fused-ring (bicyclic) bond motifs is 1. The molecule has 2 aliphatic heterocycles. The highest BCUT2D eigenvalue weighted by Gasteiger charge is 2.40. The molecule has 0 aliphatic carbocycles. The Morgan fingerprint density at radius 2 is 2.15 bits per heavy atom. The summed E-state index contributed by atoms with van der Waals surface area (Å²) in [4.78, 5) is 15.9. The minimum Gasteiger partial charge on any atom is -0.454 e. The monoisotopic (exact) mass is 275 g/mol. The van der Waals surface area contributed by atoms with E-state index in [1.807, 2.05) is 25.1 Å². The van der Waals surface area contributed by atoms with Crippen LogP contribution in [0.3, 0.4) is 0 Å². The Labute approximate surface area is 117 Å². The van der Waals surface area contributed by atoms with E-state index in [2.05, 4.69) is 15.6 Å². The molecule has 1 saturated heterocycles. The molecule has 1 amide bonds. The van der Waals surface area contributed by atoms with Crippen molar-refractivity contribution < 1.29 is 14.3 Å². The Hall–Kier alpha value is -2.24. The highest BCUT2D eigenvalue weighted by molar-refractivity contribution is 6.08. The lowest BCUT2D eigenvalue weighted by atomic mass is 9.93. The maximum Gasteiger partial charge on any atom is 0.252 e. The first kappa shape index (κ1) is 12.8. The van der Waals surface area contributed by atoms with Crippen molar-refractivity contribution in [3.05, 3.63) is 23.8 Å². The number of ether oxygens (including phenoxy) is 2. The minimum absolute atomic E-state index is 0.0427. The molecule has 2 N–H and O–H groups in total. The number of carbonyl (C=O) groups excluding carboxylic acids is 1. The van der Waals surface area contributed by atoms with E-state index in [4.69, 9.17) is 9.47 Å². The number of hydrogen-bond acceptors (Lipinski definition) is 4. The smallest absolute Gasteiger partial charge is 0.252 e. The third kappa shape index (κ3) is 2.17. The van der Waals surface area contributed by atoms with Gasteiger partial charge in [-0.2, -0.15) is 0 Å². The summed E-state index contributed by atoms with van der Waals surface area (Å²) in [5.74, 6) is 2.03. The van der Waals surface area contributed by atoms with Gasteiger partial charge in [0.25, 0.3) is 5.91 Å². The first-order valence-corrected chi connectivity index (χ1v) is 6.56. The lowest BCUT2D eigenvalue weighted by Crippen LogP contribution is -2.44. The Balaban J connectivity index is 1.69. The average molecular weight is 275 g/mol. The van der Waals surface area contributed by atoms with Crippen molar-refractivity contribution in [1.82, 2.24) is 10.6 Å². The van der Waals surface area contributed by atoms with Crippen LogP contribution in [0.4, 0.5) is 0 Å². The van der Waals surface area contributed by atoms with Crippen LogP contribution in [0.25, 0.3) is 0 Å². The molecule has 106 valence electrons. The van der Waals surface area contributed by atoms with Crippen LogP contribution < -0.4 is 20.1 Å². The van der Waals surface area contributed by atoms with Crippen LogP contribution in [-0.2, 0) is 11.2 Å². The van der Waals surface area contributed by atoms with Gasteiger partial charge < -0.3 is 14.8 Å². The molecule has 1 unspecified atom stereocenters. The van der Waals surface area contributed by atoms with Gasteiger partial charge >= 0.3 is 0 Å². The molecule has 6 heteroatoms. The van der Waals surface area contributed by atoms with Gasteiger partial charge in [-0.15, -0.1) is 0 Å². The molecule has 6 nitrogen and oxygen atoms in total. The quantitative estimate of drug-likeness (QED) is 0.856. The van der Waals surface area contributed by atoms with Crippen LogP contribution in [-0.4, -0.2) is 31.2 Å². The molecule has 3 rings (SSSR count). The molecule has 1 fully saturated rings. The van der Waals surface area contributed by atoms with E-state index in [9.17, 15) is 4.79 Å². The van der Waals surface area contributed by atoms with Crippen LogP contribution in [0.5, 0.6) is 11.5 Å². The zero-order valence-electron chi connectivity index (χ0n) is 11.5. The summed E-state index contributed by atoms with van der Waals surface area (Å²) in [6.07, 6.45) is 1.45. The molecule has 0 radical (unpaired) electrons. The fourth-order valence-electron chi connectivity index (χ4n) is 2.37. The van der Waals surface area contributed by atoms with Gasteiger partial charge in [0.1, 0.15) is 5.54 Å². The van der Waals surface area contributed by atoms with Crippen molar-refractivity contribution in [1.29, 1.82) is 0 Å². The van der Waals surface area contributed by atoms with Crippen molar-refractivity contribution in [2.24, 2.45) is 4.99 Å². The van der Waals surface area contributed by atoms with Gasteiger partial charge in [-0.05, 0) is 37.5 Å². The molecule has 2 heterocycles. The second-order valence-electron chi connectivity index (χ2n) is 5.17. The predicted octanol–water partition coefficient (Wildman–Crippen LogP) is 0.812. The summed E-state index contributed by atoms with van der Waals surface area (Å²) in [7, 11) is 1.65. The predicted molar refractivity (Wildman–Crippen MR) is 73.9 cm³/mol. The Morgan fingerprint density at radius 3 is 2.90 bits per heavy atom. The summed E-state index contributed by atoms with van der Waals surface area (Å²) in [5.41, 5.74) is 0.498. The molecular formula is C14H17N3O3. The average Bonchev–Trinajstić information content (AvgIpc) is 3.01. The second kappa shape index (κ2) is 4.70. The third-order valence-corrected chi connectivity index (χ3v) is 3.70. The Morgan fingerprint density at radius 1 is 1.35 bits per heavy atom. The van der Waals surface area contributed by atoms with Crippen molar-refractivity contribution >= 4 is 11.9 Å². The Kier molecular flexibility index (Phi) is 3.00. The van der Waals surface area contributed by atoms with Crippen LogP contribution in [0.1, 0.15) is 18.9 Å². The van der Waals surface area contributed by atoms with E-state index in [1.54, 1.807) is 7.05 Å². The summed E-state index contributed by atoms with van der Waals surface area (Å²) in [5, 5.41) is 5.85. The van der Waals surface area contributed by atoms with Crippen LogP contribution >= 0.6 is 0 Å². The number of nitrogens with one attached hydrogen (secondary N) is 2. The van der Waals surface area contributed by atoms with Gasteiger partial charge in [0, 0.05) is 7.05 Å². The van der Waals surface area contributed by atoms with Crippen molar-refractivity contribution in [2.45, 2.75) is 25.3 Å². The first-order chi connectivity index (χ1) is 9.60. The Bertz CT molecular complexity index is 585. The molecule has 0 aromatic heterocycles. The van der Waals surface area contributed by atoms with E-state index in [1.165, 1.54) is 0 Å². The lowest BCUT2D eigenvalue weighted by Gasteiger charge is -2.20.